The molecule has 0 aromatic heterocycles. The molecule has 3 heteroatoms. The smallest absolute Gasteiger partial charge is 0.237 e. The zero-order valence-corrected chi connectivity index (χ0v) is 11.9. The van der Waals surface area contributed by atoms with Gasteiger partial charge < -0.3 is 11.1 Å². The number of hydrogen-bond donors (Lipinski definition) is 2. The lowest BCUT2D eigenvalue weighted by atomic mass is 9.84. The van der Waals surface area contributed by atoms with Crippen LogP contribution in [-0.4, -0.2) is 18.0 Å². The fourth-order valence-electron chi connectivity index (χ4n) is 4.60. The van der Waals surface area contributed by atoms with Gasteiger partial charge in [-0.1, -0.05) is 38.5 Å². The fourth-order valence-corrected chi connectivity index (χ4v) is 4.60. The zero-order chi connectivity index (χ0) is 13.2. The summed E-state index contributed by atoms with van der Waals surface area (Å²) >= 11 is 0. The van der Waals surface area contributed by atoms with E-state index < -0.39 is 0 Å². The average molecular weight is 264 g/mol. The molecule has 0 aromatic rings. The molecule has 4 unspecified atom stereocenters. The van der Waals surface area contributed by atoms with E-state index in [4.69, 9.17) is 5.73 Å². The first-order valence-electron chi connectivity index (χ1n) is 8.28. The van der Waals surface area contributed by atoms with Gasteiger partial charge in [0.1, 0.15) is 0 Å². The Hall–Kier alpha value is -0.570. The van der Waals surface area contributed by atoms with Gasteiger partial charge in [-0.05, 0) is 43.4 Å². The van der Waals surface area contributed by atoms with Gasteiger partial charge in [-0.15, -0.1) is 0 Å². The maximum Gasteiger partial charge on any atom is 0.237 e. The summed E-state index contributed by atoms with van der Waals surface area (Å²) in [6.45, 7) is 0. The number of amides is 1. The Morgan fingerprint density at radius 3 is 2.53 bits per heavy atom. The molecule has 4 atom stereocenters. The van der Waals surface area contributed by atoms with E-state index in [1.807, 2.05) is 0 Å². The Balaban J connectivity index is 1.44. The second-order valence-electron chi connectivity index (χ2n) is 7.14. The van der Waals surface area contributed by atoms with Crippen molar-refractivity contribution in [1.82, 2.24) is 5.32 Å². The van der Waals surface area contributed by atoms with Crippen molar-refractivity contribution in [3.05, 3.63) is 0 Å². The maximum atomic E-state index is 12.2. The van der Waals surface area contributed by atoms with Gasteiger partial charge in [-0.2, -0.15) is 0 Å². The number of fused-ring (bicyclic) bond motifs is 2. The first-order valence-corrected chi connectivity index (χ1v) is 8.28. The van der Waals surface area contributed by atoms with E-state index in [1.165, 1.54) is 57.8 Å². The fraction of sp³-hybridized carbons (Fsp3) is 0.938. The van der Waals surface area contributed by atoms with Crippen LogP contribution in [0.2, 0.25) is 0 Å². The number of nitrogens with two attached hydrogens (primary N) is 1. The van der Waals surface area contributed by atoms with Gasteiger partial charge in [0.2, 0.25) is 5.91 Å². The highest BCUT2D eigenvalue weighted by Crippen LogP contribution is 2.44. The molecule has 3 aliphatic carbocycles. The van der Waals surface area contributed by atoms with Crippen molar-refractivity contribution in [2.24, 2.45) is 23.5 Å². The summed E-state index contributed by atoms with van der Waals surface area (Å²) in [5.74, 6) is 2.43. The van der Waals surface area contributed by atoms with Crippen LogP contribution in [0, 0.1) is 17.8 Å². The molecule has 3 nitrogen and oxygen atoms in total. The van der Waals surface area contributed by atoms with Gasteiger partial charge in [0.05, 0.1) is 6.04 Å². The predicted molar refractivity (Wildman–Crippen MR) is 76.5 cm³/mol. The first kappa shape index (κ1) is 13.4. The molecule has 0 saturated heterocycles. The van der Waals surface area contributed by atoms with Gasteiger partial charge in [0.15, 0.2) is 0 Å². The molecule has 3 rings (SSSR count). The van der Waals surface area contributed by atoms with Gasteiger partial charge >= 0.3 is 0 Å². The minimum absolute atomic E-state index is 0.114. The summed E-state index contributed by atoms with van der Waals surface area (Å²) in [6.07, 6.45) is 12.7. The lowest BCUT2D eigenvalue weighted by Gasteiger charge is -2.27. The third kappa shape index (κ3) is 3.13. The Labute approximate surface area is 116 Å². The molecular weight excluding hydrogens is 236 g/mol. The number of carbonyl (C=O) groups excluding carboxylic acids is 1. The van der Waals surface area contributed by atoms with Crippen LogP contribution in [0.15, 0.2) is 0 Å². The number of nitrogens with one attached hydrogen (secondary N) is 1. The molecule has 1 amide bonds. The van der Waals surface area contributed by atoms with E-state index >= 15 is 0 Å². The van der Waals surface area contributed by atoms with Crippen molar-refractivity contribution in [3.63, 3.8) is 0 Å². The minimum Gasteiger partial charge on any atom is -0.352 e. The van der Waals surface area contributed by atoms with Crippen molar-refractivity contribution >= 4 is 5.91 Å². The Bertz CT molecular complexity index is 325. The monoisotopic (exact) mass is 264 g/mol. The van der Waals surface area contributed by atoms with Crippen LogP contribution in [0.3, 0.4) is 0 Å². The molecule has 3 N–H and O–H groups in total. The topological polar surface area (TPSA) is 55.1 Å². The highest BCUT2D eigenvalue weighted by molar-refractivity contribution is 5.81. The van der Waals surface area contributed by atoms with E-state index in [0.717, 1.165) is 18.3 Å². The van der Waals surface area contributed by atoms with Crippen molar-refractivity contribution in [2.75, 3.05) is 0 Å². The largest absolute Gasteiger partial charge is 0.352 e. The van der Waals surface area contributed by atoms with Crippen LogP contribution in [-0.2, 0) is 4.79 Å². The second kappa shape index (κ2) is 5.82. The van der Waals surface area contributed by atoms with E-state index in [-0.39, 0.29) is 11.9 Å². The molecule has 108 valence electrons. The summed E-state index contributed by atoms with van der Waals surface area (Å²) in [4.78, 5) is 12.2. The number of carbonyl (C=O) groups is 1. The Kier molecular flexibility index (Phi) is 4.11. The van der Waals surface area contributed by atoms with E-state index in [1.54, 1.807) is 0 Å². The lowest BCUT2D eigenvalue weighted by molar-refractivity contribution is -0.123. The third-order valence-electron chi connectivity index (χ3n) is 5.71. The first-order chi connectivity index (χ1) is 9.22. The molecular formula is C16H28N2O. The Morgan fingerprint density at radius 2 is 1.89 bits per heavy atom. The van der Waals surface area contributed by atoms with Gasteiger partial charge in [-0.25, -0.2) is 0 Å². The van der Waals surface area contributed by atoms with Crippen LogP contribution in [0.1, 0.15) is 64.2 Å². The summed E-state index contributed by atoms with van der Waals surface area (Å²) in [6, 6.07) is 0.158. The van der Waals surface area contributed by atoms with E-state index in [2.05, 4.69) is 5.32 Å². The molecule has 0 aliphatic heterocycles. The molecule has 3 saturated carbocycles. The molecule has 0 spiro atoms. The van der Waals surface area contributed by atoms with Crippen LogP contribution < -0.4 is 11.1 Å². The average Bonchev–Trinajstić information content (AvgIpc) is 3.02. The zero-order valence-electron chi connectivity index (χ0n) is 11.9. The summed E-state index contributed by atoms with van der Waals surface area (Å²) < 4.78 is 0. The number of rotatable bonds is 4. The molecule has 2 bridgehead atoms. The molecule has 19 heavy (non-hydrogen) atoms. The molecule has 0 radical (unpaired) electrons. The van der Waals surface area contributed by atoms with Crippen molar-refractivity contribution < 1.29 is 4.79 Å². The quantitative estimate of drug-likeness (QED) is 0.820. The SMILES string of the molecule is NC(CC1CCCCC1)C(=O)NC1CC2CCC1C2. The minimum atomic E-state index is -0.276. The lowest BCUT2D eigenvalue weighted by Crippen LogP contribution is -2.47. The molecule has 3 aliphatic rings. The third-order valence-corrected chi connectivity index (χ3v) is 5.71. The molecule has 0 aromatic carbocycles. The van der Waals surface area contributed by atoms with E-state index in [0.29, 0.717) is 12.0 Å². The highest BCUT2D eigenvalue weighted by atomic mass is 16.2. The standard InChI is InChI=1S/C16H28N2O/c17-14(9-11-4-2-1-3-5-11)16(19)18-15-10-12-6-7-13(15)8-12/h11-15H,1-10,17H2,(H,18,19). The van der Waals surface area contributed by atoms with Crippen LogP contribution >= 0.6 is 0 Å². The summed E-state index contributed by atoms with van der Waals surface area (Å²) in [7, 11) is 0. The van der Waals surface area contributed by atoms with Gasteiger partial charge in [0, 0.05) is 6.04 Å². The number of hydrogen-bond acceptors (Lipinski definition) is 2. The van der Waals surface area contributed by atoms with Crippen molar-refractivity contribution in [1.29, 1.82) is 0 Å². The van der Waals surface area contributed by atoms with Gasteiger partial charge in [-0.3, -0.25) is 4.79 Å². The predicted octanol–water partition coefficient (Wildman–Crippen LogP) is 2.59. The normalized spacial score (nSPS) is 36.4. The van der Waals surface area contributed by atoms with Crippen molar-refractivity contribution in [2.45, 2.75) is 76.3 Å². The van der Waals surface area contributed by atoms with Crippen LogP contribution in [0.4, 0.5) is 0 Å². The molecule has 3 fully saturated rings. The van der Waals surface area contributed by atoms with Crippen LogP contribution in [0.25, 0.3) is 0 Å². The highest BCUT2D eigenvalue weighted by Gasteiger charge is 2.40. The van der Waals surface area contributed by atoms with Crippen molar-refractivity contribution in [3.8, 4) is 0 Å². The maximum absolute atomic E-state index is 12.2. The van der Waals surface area contributed by atoms with E-state index in [9.17, 15) is 4.79 Å². The van der Waals surface area contributed by atoms with Gasteiger partial charge in [0.25, 0.3) is 0 Å². The summed E-state index contributed by atoms with van der Waals surface area (Å²) in [5, 5.41) is 3.24. The van der Waals surface area contributed by atoms with Crippen LogP contribution in [0.5, 0.6) is 0 Å². The summed E-state index contributed by atoms with van der Waals surface area (Å²) in [5.41, 5.74) is 6.11. The molecule has 0 heterocycles. The second-order valence-corrected chi connectivity index (χ2v) is 7.14. The Morgan fingerprint density at radius 1 is 1.11 bits per heavy atom.